The number of amides is 1. The maximum atomic E-state index is 13.4. The van der Waals surface area contributed by atoms with Crippen LogP contribution in [0.4, 0.5) is 5.69 Å². The number of likely N-dealkylation sites (N-methyl/N-ethyl adjacent to an activating group) is 1. The predicted octanol–water partition coefficient (Wildman–Crippen LogP) is 2.60. The minimum absolute atomic E-state index is 0.0231. The molecule has 0 spiro atoms. The minimum atomic E-state index is -3.99. The maximum Gasteiger partial charge on any atom is 0.339 e. The highest BCUT2D eigenvalue weighted by Gasteiger charge is 2.29. The van der Waals surface area contributed by atoms with Crippen LogP contribution in [0.3, 0.4) is 0 Å². The van der Waals surface area contributed by atoms with Gasteiger partial charge in [0.25, 0.3) is 0 Å². The Labute approximate surface area is 204 Å². The number of phenols is 1. The van der Waals surface area contributed by atoms with Gasteiger partial charge in [0.1, 0.15) is 17.1 Å². The van der Waals surface area contributed by atoms with Crippen LogP contribution in [-0.4, -0.2) is 58.0 Å². The zero-order valence-electron chi connectivity index (χ0n) is 20.2. The van der Waals surface area contributed by atoms with Crippen LogP contribution in [0.1, 0.15) is 32.9 Å². The van der Waals surface area contributed by atoms with Crippen LogP contribution in [-0.2, 0) is 28.4 Å². The number of carboxylic acid groups (broad SMARTS) is 1. The quantitative estimate of drug-likeness (QED) is 0.486. The highest BCUT2D eigenvalue weighted by atomic mass is 32.2. The number of hydrogen-bond donors (Lipinski definition) is 2. The van der Waals surface area contributed by atoms with E-state index in [1.54, 1.807) is 50.0 Å². The van der Waals surface area contributed by atoms with Crippen molar-refractivity contribution in [3.63, 3.8) is 0 Å². The summed E-state index contributed by atoms with van der Waals surface area (Å²) in [6, 6.07) is 7.27. The van der Waals surface area contributed by atoms with Gasteiger partial charge in [-0.2, -0.15) is 4.31 Å². The lowest BCUT2D eigenvalue weighted by molar-refractivity contribution is -0.118. The third-order valence-electron chi connectivity index (χ3n) is 5.68. The van der Waals surface area contributed by atoms with Crippen molar-refractivity contribution < 1.29 is 28.2 Å². The first-order valence-electron chi connectivity index (χ1n) is 10.7. The fourth-order valence-corrected chi connectivity index (χ4v) is 5.50. The average molecular weight is 501 g/mol. The summed E-state index contributed by atoms with van der Waals surface area (Å²) in [6.45, 7) is 4.79. The van der Waals surface area contributed by atoms with Gasteiger partial charge in [-0.05, 0) is 44.0 Å². The van der Waals surface area contributed by atoms with Gasteiger partial charge in [-0.25, -0.2) is 18.2 Å². The van der Waals surface area contributed by atoms with Crippen LogP contribution in [0.15, 0.2) is 47.6 Å². The molecule has 3 aromatic rings. The number of benzene rings is 2. The fraction of sp³-hybridized carbons (Fsp3) is 0.292. The molecule has 186 valence electrons. The molecule has 1 amide bonds. The number of carbonyl (C=O) groups excluding carboxylic acids is 1. The third-order valence-corrected chi connectivity index (χ3v) is 7.79. The number of nitrogens with zero attached hydrogens (tertiary/aromatic N) is 4. The number of carboxylic acids is 1. The van der Waals surface area contributed by atoms with Crippen molar-refractivity contribution in [2.75, 3.05) is 18.5 Å². The van der Waals surface area contributed by atoms with Crippen molar-refractivity contribution in [2.24, 2.45) is 7.05 Å². The van der Waals surface area contributed by atoms with Crippen molar-refractivity contribution in [2.45, 2.75) is 32.2 Å². The molecule has 0 saturated heterocycles. The molecule has 2 N–H and O–H groups in total. The molecule has 0 bridgehead atoms. The number of aromatic nitrogens is 2. The second kappa shape index (κ2) is 9.88. The molecule has 0 saturated carbocycles. The van der Waals surface area contributed by atoms with E-state index in [9.17, 15) is 28.2 Å². The van der Waals surface area contributed by atoms with Crippen LogP contribution >= 0.6 is 0 Å². The van der Waals surface area contributed by atoms with Gasteiger partial charge in [0.15, 0.2) is 0 Å². The van der Waals surface area contributed by atoms with E-state index in [1.165, 1.54) is 24.1 Å². The van der Waals surface area contributed by atoms with Gasteiger partial charge in [-0.1, -0.05) is 17.7 Å². The summed E-state index contributed by atoms with van der Waals surface area (Å²) >= 11 is 0. The zero-order chi connectivity index (χ0) is 26.1. The van der Waals surface area contributed by atoms with Crippen molar-refractivity contribution >= 4 is 27.6 Å². The van der Waals surface area contributed by atoms with Gasteiger partial charge in [0, 0.05) is 38.2 Å². The molecule has 0 unspecified atom stereocenters. The highest BCUT2D eigenvalue weighted by molar-refractivity contribution is 7.89. The normalized spacial score (nSPS) is 11.6. The first-order valence-corrected chi connectivity index (χ1v) is 12.1. The molecule has 2 aromatic carbocycles. The summed E-state index contributed by atoms with van der Waals surface area (Å²) in [5.41, 5.74) is 1.99. The Balaban J connectivity index is 1.97. The summed E-state index contributed by atoms with van der Waals surface area (Å²) < 4.78 is 29.4. The summed E-state index contributed by atoms with van der Waals surface area (Å²) in [5.74, 6) is -1.90. The van der Waals surface area contributed by atoms with Crippen LogP contribution in [0, 0.1) is 20.8 Å². The van der Waals surface area contributed by atoms with Gasteiger partial charge in [-0.15, -0.1) is 0 Å². The molecular weight excluding hydrogens is 472 g/mol. The van der Waals surface area contributed by atoms with Gasteiger partial charge >= 0.3 is 5.97 Å². The molecule has 0 aliphatic carbocycles. The Bertz CT molecular complexity index is 1370. The van der Waals surface area contributed by atoms with Crippen LogP contribution in [0.2, 0.25) is 0 Å². The lowest BCUT2D eigenvalue weighted by Crippen LogP contribution is -2.41. The van der Waals surface area contributed by atoms with Gasteiger partial charge in [-0.3, -0.25) is 4.79 Å². The zero-order valence-corrected chi connectivity index (χ0v) is 21.0. The summed E-state index contributed by atoms with van der Waals surface area (Å²) in [7, 11) is -0.911. The van der Waals surface area contributed by atoms with Gasteiger partial charge < -0.3 is 19.7 Å². The maximum absolute atomic E-state index is 13.4. The molecule has 1 heterocycles. The average Bonchev–Trinajstić information content (AvgIpc) is 3.14. The number of rotatable bonds is 8. The first kappa shape index (κ1) is 25.9. The monoisotopic (exact) mass is 500 g/mol. The Hall–Kier alpha value is -3.70. The summed E-state index contributed by atoms with van der Waals surface area (Å²) in [5, 5.41) is 19.4. The smallest absolute Gasteiger partial charge is 0.339 e. The van der Waals surface area contributed by atoms with Crippen LogP contribution in [0.5, 0.6) is 5.75 Å². The van der Waals surface area contributed by atoms with Crippen LogP contribution < -0.4 is 4.90 Å². The van der Waals surface area contributed by atoms with E-state index >= 15 is 0 Å². The summed E-state index contributed by atoms with van der Waals surface area (Å²) in [6.07, 6.45) is 3.25. The van der Waals surface area contributed by atoms with E-state index in [2.05, 4.69) is 4.98 Å². The number of imidazole rings is 1. The number of carbonyl (C=O) groups is 2. The largest absolute Gasteiger partial charge is 0.507 e. The van der Waals surface area contributed by atoms with Crippen molar-refractivity contribution in [3.8, 4) is 5.75 Å². The van der Waals surface area contributed by atoms with Crippen LogP contribution in [0.25, 0.3) is 0 Å². The Kier molecular flexibility index (Phi) is 7.32. The molecule has 11 heteroatoms. The lowest BCUT2D eigenvalue weighted by Gasteiger charge is -2.26. The van der Waals surface area contributed by atoms with E-state index in [0.29, 0.717) is 17.0 Å². The molecule has 0 aliphatic rings. The number of aryl methyl sites for hydroxylation is 4. The second-order valence-electron chi connectivity index (χ2n) is 8.43. The summed E-state index contributed by atoms with van der Waals surface area (Å²) in [4.78, 5) is 30.3. The van der Waals surface area contributed by atoms with E-state index in [1.807, 2.05) is 6.92 Å². The van der Waals surface area contributed by atoms with E-state index < -0.39 is 34.2 Å². The lowest BCUT2D eigenvalue weighted by atomic mass is 10.1. The number of sulfonamides is 1. The molecule has 0 atom stereocenters. The Morgan fingerprint density at radius 1 is 1.09 bits per heavy atom. The van der Waals surface area contributed by atoms with E-state index in [4.69, 9.17) is 0 Å². The molecule has 35 heavy (non-hydrogen) atoms. The standard InChI is InChI=1S/C24H28N4O6S/c1-15-10-16(2)23(17(3)11-15)35(33,34)27(5)14-22(30)28(13-21-25-8-9-26(21)4)18-6-7-19(24(31)32)20(29)12-18/h6-12,29H,13-14H2,1-5H3,(H,31,32). The van der Waals surface area contributed by atoms with Gasteiger partial charge in [0.05, 0.1) is 18.0 Å². The number of hydrogen-bond acceptors (Lipinski definition) is 6. The van der Waals surface area contributed by atoms with E-state index in [0.717, 1.165) is 15.9 Å². The van der Waals surface area contributed by atoms with E-state index in [-0.39, 0.29) is 22.7 Å². The number of aromatic hydroxyl groups is 1. The van der Waals surface area contributed by atoms with Crippen molar-refractivity contribution in [1.29, 1.82) is 0 Å². The van der Waals surface area contributed by atoms with Gasteiger partial charge in [0.2, 0.25) is 15.9 Å². The third kappa shape index (κ3) is 5.36. The number of anilines is 1. The molecule has 1 aromatic heterocycles. The van der Waals surface area contributed by atoms with Crippen molar-refractivity contribution in [1.82, 2.24) is 13.9 Å². The molecule has 0 radical (unpaired) electrons. The molecule has 3 rings (SSSR count). The highest BCUT2D eigenvalue weighted by Crippen LogP contribution is 2.28. The molecule has 0 aliphatic heterocycles. The molecular formula is C24H28N4O6S. The SMILES string of the molecule is Cc1cc(C)c(S(=O)(=O)N(C)CC(=O)N(Cc2nccn2C)c2ccc(C(=O)O)c(O)c2)c(C)c1. The topological polar surface area (TPSA) is 133 Å². The second-order valence-corrected chi connectivity index (χ2v) is 10.4. The fourth-order valence-electron chi connectivity index (χ4n) is 3.97. The van der Waals surface area contributed by atoms with Crippen molar-refractivity contribution in [3.05, 3.63) is 70.8 Å². The predicted molar refractivity (Wildman–Crippen MR) is 130 cm³/mol. The first-order chi connectivity index (χ1) is 16.3. The Morgan fingerprint density at radius 2 is 1.71 bits per heavy atom. The Morgan fingerprint density at radius 3 is 2.23 bits per heavy atom. The molecule has 10 nitrogen and oxygen atoms in total. The molecule has 0 fully saturated rings. The number of aromatic carboxylic acids is 1. The minimum Gasteiger partial charge on any atom is -0.507 e.